The van der Waals surface area contributed by atoms with Gasteiger partial charge in [0.05, 0.1) is 11.3 Å². The molecule has 3 unspecified atom stereocenters. The van der Waals surface area contributed by atoms with Gasteiger partial charge >= 0.3 is 0 Å². The van der Waals surface area contributed by atoms with Crippen molar-refractivity contribution < 1.29 is 0 Å². The molecule has 0 aliphatic heterocycles. The first-order chi connectivity index (χ1) is 8.11. The van der Waals surface area contributed by atoms with Crippen LogP contribution < -0.4 is 11.1 Å². The summed E-state index contributed by atoms with van der Waals surface area (Å²) in [5, 5.41) is 12.3. The number of benzene rings is 1. The van der Waals surface area contributed by atoms with Gasteiger partial charge in [0.15, 0.2) is 0 Å². The number of hydrogen-bond donors (Lipinski definition) is 2. The van der Waals surface area contributed by atoms with E-state index in [1.54, 1.807) is 6.07 Å². The SMILES string of the molecule is CC1CCC(Nc2ccc(C#N)c(N)c2)C1C. The molecule has 90 valence electrons. The van der Waals surface area contributed by atoms with Gasteiger partial charge in [0.25, 0.3) is 0 Å². The Balaban J connectivity index is 2.10. The Morgan fingerprint density at radius 3 is 2.65 bits per heavy atom. The van der Waals surface area contributed by atoms with E-state index in [2.05, 4.69) is 25.2 Å². The Morgan fingerprint density at radius 1 is 1.35 bits per heavy atom. The second-order valence-electron chi connectivity index (χ2n) is 5.08. The summed E-state index contributed by atoms with van der Waals surface area (Å²) in [4.78, 5) is 0. The van der Waals surface area contributed by atoms with Crippen LogP contribution in [0.15, 0.2) is 18.2 Å². The zero-order chi connectivity index (χ0) is 12.4. The maximum absolute atomic E-state index is 8.82. The molecular weight excluding hydrogens is 210 g/mol. The maximum atomic E-state index is 8.82. The Labute approximate surface area is 103 Å². The van der Waals surface area contributed by atoms with Crippen LogP contribution in [-0.4, -0.2) is 6.04 Å². The summed E-state index contributed by atoms with van der Waals surface area (Å²) in [6, 6.07) is 8.17. The van der Waals surface area contributed by atoms with Crippen molar-refractivity contribution in [3.63, 3.8) is 0 Å². The topological polar surface area (TPSA) is 61.8 Å². The summed E-state index contributed by atoms with van der Waals surface area (Å²) >= 11 is 0. The van der Waals surface area contributed by atoms with Gasteiger partial charge in [-0.25, -0.2) is 0 Å². The van der Waals surface area contributed by atoms with E-state index in [9.17, 15) is 0 Å². The molecule has 0 amide bonds. The standard InChI is InChI=1S/C14H19N3/c1-9-3-6-14(10(9)2)17-12-5-4-11(8-15)13(16)7-12/h4-5,7,9-10,14,17H,3,6,16H2,1-2H3. The molecule has 0 heterocycles. The smallest absolute Gasteiger partial charge is 0.101 e. The monoisotopic (exact) mass is 229 g/mol. The van der Waals surface area contributed by atoms with Crippen molar-refractivity contribution in [1.82, 2.24) is 0 Å². The third-order valence-electron chi connectivity index (χ3n) is 3.99. The number of anilines is 2. The van der Waals surface area contributed by atoms with Crippen LogP contribution in [0.3, 0.4) is 0 Å². The van der Waals surface area contributed by atoms with Crippen LogP contribution in [0.5, 0.6) is 0 Å². The van der Waals surface area contributed by atoms with Crippen LogP contribution in [0.25, 0.3) is 0 Å². The minimum absolute atomic E-state index is 0.525. The molecule has 2 rings (SSSR count). The maximum Gasteiger partial charge on any atom is 0.101 e. The summed E-state index contributed by atoms with van der Waals surface area (Å²) in [5.41, 5.74) is 7.92. The number of hydrogen-bond acceptors (Lipinski definition) is 3. The molecule has 0 aromatic heterocycles. The van der Waals surface area contributed by atoms with E-state index in [1.807, 2.05) is 12.1 Å². The molecule has 3 atom stereocenters. The number of rotatable bonds is 2. The Kier molecular flexibility index (Phi) is 3.23. The highest BCUT2D eigenvalue weighted by Crippen LogP contribution is 2.33. The first-order valence-corrected chi connectivity index (χ1v) is 6.18. The van der Waals surface area contributed by atoms with Gasteiger partial charge < -0.3 is 11.1 Å². The highest BCUT2D eigenvalue weighted by atomic mass is 14.9. The van der Waals surface area contributed by atoms with Gasteiger partial charge in [-0.1, -0.05) is 13.8 Å². The molecule has 1 saturated carbocycles. The fourth-order valence-corrected chi connectivity index (χ4v) is 2.54. The first-order valence-electron chi connectivity index (χ1n) is 6.18. The van der Waals surface area contributed by atoms with E-state index in [1.165, 1.54) is 12.8 Å². The number of nitrogen functional groups attached to an aromatic ring is 1. The number of nitrogens with two attached hydrogens (primary N) is 1. The van der Waals surface area contributed by atoms with Crippen molar-refractivity contribution in [3.8, 4) is 6.07 Å². The summed E-state index contributed by atoms with van der Waals surface area (Å²) < 4.78 is 0. The predicted molar refractivity (Wildman–Crippen MR) is 70.5 cm³/mol. The molecule has 0 saturated heterocycles. The van der Waals surface area contributed by atoms with Crippen LogP contribution in [-0.2, 0) is 0 Å². The van der Waals surface area contributed by atoms with Gasteiger partial charge in [0.1, 0.15) is 6.07 Å². The fraction of sp³-hybridized carbons (Fsp3) is 0.500. The number of nitrogens with zero attached hydrogens (tertiary/aromatic N) is 1. The van der Waals surface area contributed by atoms with Crippen LogP contribution in [0.2, 0.25) is 0 Å². The van der Waals surface area contributed by atoms with Crippen molar-refractivity contribution in [2.75, 3.05) is 11.1 Å². The molecule has 17 heavy (non-hydrogen) atoms. The molecular formula is C14H19N3. The van der Waals surface area contributed by atoms with E-state index in [-0.39, 0.29) is 0 Å². The van der Waals surface area contributed by atoms with Gasteiger partial charge in [0.2, 0.25) is 0 Å². The molecule has 3 N–H and O–H groups in total. The molecule has 3 nitrogen and oxygen atoms in total. The minimum atomic E-state index is 0.525. The normalized spacial score (nSPS) is 27.7. The first kappa shape index (κ1) is 11.8. The van der Waals surface area contributed by atoms with Gasteiger partial charge in [0, 0.05) is 11.7 Å². The summed E-state index contributed by atoms with van der Waals surface area (Å²) in [5.74, 6) is 1.47. The van der Waals surface area contributed by atoms with E-state index in [0.29, 0.717) is 23.2 Å². The average molecular weight is 229 g/mol. The number of nitrogens with one attached hydrogen (secondary N) is 1. The summed E-state index contributed by atoms with van der Waals surface area (Å²) in [6.45, 7) is 4.60. The quantitative estimate of drug-likeness (QED) is 0.766. The molecule has 0 bridgehead atoms. The predicted octanol–water partition coefficient (Wildman–Crippen LogP) is 2.99. The lowest BCUT2D eigenvalue weighted by molar-refractivity contribution is 0.435. The highest BCUT2D eigenvalue weighted by molar-refractivity contribution is 5.62. The lowest BCUT2D eigenvalue weighted by Crippen LogP contribution is -2.24. The van der Waals surface area contributed by atoms with E-state index >= 15 is 0 Å². The Hall–Kier alpha value is -1.69. The van der Waals surface area contributed by atoms with Crippen LogP contribution in [0.4, 0.5) is 11.4 Å². The second-order valence-corrected chi connectivity index (χ2v) is 5.08. The van der Waals surface area contributed by atoms with Crippen molar-refractivity contribution in [1.29, 1.82) is 5.26 Å². The summed E-state index contributed by atoms with van der Waals surface area (Å²) in [6.07, 6.45) is 2.49. The highest BCUT2D eigenvalue weighted by Gasteiger charge is 2.29. The molecule has 1 aliphatic rings. The zero-order valence-electron chi connectivity index (χ0n) is 10.4. The average Bonchev–Trinajstić information content (AvgIpc) is 2.61. The van der Waals surface area contributed by atoms with E-state index in [0.717, 1.165) is 11.6 Å². The minimum Gasteiger partial charge on any atom is -0.398 e. The largest absolute Gasteiger partial charge is 0.398 e. The van der Waals surface area contributed by atoms with Crippen LogP contribution >= 0.6 is 0 Å². The van der Waals surface area contributed by atoms with Crippen molar-refractivity contribution in [2.45, 2.75) is 32.7 Å². The Morgan fingerprint density at radius 2 is 2.12 bits per heavy atom. The van der Waals surface area contributed by atoms with Crippen molar-refractivity contribution in [3.05, 3.63) is 23.8 Å². The van der Waals surface area contributed by atoms with Gasteiger partial charge in [-0.2, -0.15) is 5.26 Å². The molecule has 3 heteroatoms. The lowest BCUT2D eigenvalue weighted by Gasteiger charge is -2.21. The van der Waals surface area contributed by atoms with Crippen LogP contribution in [0.1, 0.15) is 32.3 Å². The van der Waals surface area contributed by atoms with Crippen LogP contribution in [0, 0.1) is 23.2 Å². The summed E-state index contributed by atoms with van der Waals surface area (Å²) in [7, 11) is 0. The zero-order valence-corrected chi connectivity index (χ0v) is 10.4. The third kappa shape index (κ3) is 2.36. The molecule has 0 spiro atoms. The Bertz CT molecular complexity index is 447. The molecule has 1 aliphatic carbocycles. The van der Waals surface area contributed by atoms with Gasteiger partial charge in [-0.05, 0) is 42.9 Å². The van der Waals surface area contributed by atoms with Gasteiger partial charge in [-0.3, -0.25) is 0 Å². The second kappa shape index (κ2) is 4.67. The van der Waals surface area contributed by atoms with E-state index < -0.39 is 0 Å². The molecule has 1 aromatic carbocycles. The fourth-order valence-electron chi connectivity index (χ4n) is 2.54. The van der Waals surface area contributed by atoms with Crippen molar-refractivity contribution in [2.24, 2.45) is 11.8 Å². The third-order valence-corrected chi connectivity index (χ3v) is 3.99. The molecule has 1 aromatic rings. The number of nitriles is 1. The molecule has 1 fully saturated rings. The van der Waals surface area contributed by atoms with E-state index in [4.69, 9.17) is 11.0 Å². The lowest BCUT2D eigenvalue weighted by atomic mass is 9.97. The van der Waals surface area contributed by atoms with Crippen molar-refractivity contribution >= 4 is 11.4 Å². The van der Waals surface area contributed by atoms with Gasteiger partial charge in [-0.15, -0.1) is 0 Å². The molecule has 0 radical (unpaired) electrons.